The Balaban J connectivity index is 1.43. The summed E-state index contributed by atoms with van der Waals surface area (Å²) in [7, 11) is 1.62. The molecule has 1 aliphatic heterocycles. The number of rotatable bonds is 6. The minimum Gasteiger partial charge on any atom is -0.497 e. The molecular weight excluding hydrogens is 330 g/mol. The fourth-order valence-corrected chi connectivity index (χ4v) is 3.44. The predicted molar refractivity (Wildman–Crippen MR) is 101 cm³/mol. The lowest BCUT2D eigenvalue weighted by Gasteiger charge is -2.13. The first-order valence-corrected chi connectivity index (χ1v) is 9.12. The number of hydrogen-bond acceptors (Lipinski definition) is 5. The number of hydrogen-bond donors (Lipinski definition) is 1. The minimum atomic E-state index is -0.189. The number of fused-ring (bicyclic) bond motifs is 2. The van der Waals surface area contributed by atoms with Gasteiger partial charge >= 0.3 is 0 Å². The fourth-order valence-electron chi connectivity index (χ4n) is 3.44. The number of nitrogens with one attached hydrogen (secondary N) is 1. The van der Waals surface area contributed by atoms with Crippen LogP contribution in [0.3, 0.4) is 0 Å². The van der Waals surface area contributed by atoms with Crippen LogP contribution in [0.5, 0.6) is 5.75 Å². The molecule has 3 aromatic rings. The predicted octanol–water partition coefficient (Wildman–Crippen LogP) is 3.21. The van der Waals surface area contributed by atoms with Crippen LogP contribution in [0, 0.1) is 0 Å². The zero-order valence-corrected chi connectivity index (χ0v) is 15.0. The summed E-state index contributed by atoms with van der Waals surface area (Å²) in [5.41, 5.74) is 1.25. The Morgan fingerprint density at radius 2 is 2.08 bits per heavy atom. The molecule has 136 valence electrons. The van der Waals surface area contributed by atoms with Crippen LogP contribution in [-0.2, 0) is 0 Å². The Hall–Kier alpha value is -2.60. The molecule has 4 rings (SSSR count). The van der Waals surface area contributed by atoms with Gasteiger partial charge in [0, 0.05) is 23.4 Å². The van der Waals surface area contributed by atoms with Gasteiger partial charge in [0.1, 0.15) is 5.75 Å². The molecule has 6 nitrogen and oxygen atoms in total. The van der Waals surface area contributed by atoms with Gasteiger partial charge in [-0.2, -0.15) is 0 Å². The summed E-state index contributed by atoms with van der Waals surface area (Å²) in [5.74, 6) is 0.855. The minimum absolute atomic E-state index is 0.189. The average Bonchev–Trinajstić information content (AvgIpc) is 3.31. The topological polar surface area (TPSA) is 67.6 Å². The molecule has 1 amide bonds. The highest BCUT2D eigenvalue weighted by atomic mass is 16.5. The smallest absolute Gasteiger partial charge is 0.287 e. The quantitative estimate of drug-likeness (QED) is 0.689. The number of benzene rings is 1. The number of methoxy groups -OCH3 is 1. The second kappa shape index (κ2) is 7.33. The zero-order valence-electron chi connectivity index (χ0n) is 15.0. The van der Waals surface area contributed by atoms with Crippen LogP contribution < -0.4 is 10.1 Å². The lowest BCUT2D eigenvalue weighted by molar-refractivity contribution is 0.0926. The summed E-state index contributed by atoms with van der Waals surface area (Å²) in [6, 6.07) is 9.43. The van der Waals surface area contributed by atoms with E-state index < -0.39 is 0 Å². The van der Waals surface area contributed by atoms with Gasteiger partial charge in [-0.1, -0.05) is 0 Å². The first-order valence-electron chi connectivity index (χ1n) is 9.12. The maximum atomic E-state index is 12.3. The van der Waals surface area contributed by atoms with Crippen molar-refractivity contribution < 1.29 is 13.9 Å². The third-order valence-electron chi connectivity index (χ3n) is 4.87. The zero-order chi connectivity index (χ0) is 17.9. The summed E-state index contributed by atoms with van der Waals surface area (Å²) < 4.78 is 10.9. The van der Waals surface area contributed by atoms with Crippen molar-refractivity contribution >= 4 is 27.9 Å². The third-order valence-corrected chi connectivity index (χ3v) is 4.87. The average molecular weight is 353 g/mol. The Morgan fingerprint density at radius 3 is 2.88 bits per heavy atom. The molecule has 2 aromatic heterocycles. The molecule has 1 fully saturated rings. The lowest BCUT2D eigenvalue weighted by atomic mass is 10.2. The molecule has 1 aliphatic rings. The molecule has 3 heterocycles. The van der Waals surface area contributed by atoms with Crippen molar-refractivity contribution in [1.82, 2.24) is 15.2 Å². The van der Waals surface area contributed by atoms with Gasteiger partial charge in [0.25, 0.3) is 5.91 Å². The number of carbonyl (C=O) groups excluding carboxylic acids is 1. The van der Waals surface area contributed by atoms with E-state index in [0.29, 0.717) is 18.0 Å². The van der Waals surface area contributed by atoms with E-state index in [2.05, 4.69) is 15.2 Å². The highest BCUT2D eigenvalue weighted by Crippen LogP contribution is 2.25. The van der Waals surface area contributed by atoms with Gasteiger partial charge in [0.15, 0.2) is 5.76 Å². The molecule has 0 radical (unpaired) electrons. The van der Waals surface area contributed by atoms with E-state index in [-0.39, 0.29) is 5.91 Å². The summed E-state index contributed by atoms with van der Waals surface area (Å²) in [6.07, 6.45) is 3.53. The fraction of sp³-hybridized carbons (Fsp3) is 0.400. The van der Waals surface area contributed by atoms with E-state index in [1.807, 2.05) is 24.3 Å². The number of pyridine rings is 1. The number of ether oxygens (including phenoxy) is 1. The molecule has 0 atom stereocenters. The van der Waals surface area contributed by atoms with Crippen molar-refractivity contribution in [2.75, 3.05) is 33.3 Å². The number of carbonyl (C=O) groups is 1. The molecule has 1 saturated heterocycles. The van der Waals surface area contributed by atoms with Gasteiger partial charge < -0.3 is 19.4 Å². The van der Waals surface area contributed by atoms with Crippen molar-refractivity contribution in [3.8, 4) is 5.75 Å². The second-order valence-electron chi connectivity index (χ2n) is 6.71. The van der Waals surface area contributed by atoms with E-state index in [4.69, 9.17) is 9.15 Å². The normalized spacial score (nSPS) is 15.0. The van der Waals surface area contributed by atoms with Crippen LogP contribution in [0.25, 0.3) is 22.0 Å². The van der Waals surface area contributed by atoms with Gasteiger partial charge in [0.05, 0.1) is 12.6 Å². The van der Waals surface area contributed by atoms with Crippen molar-refractivity contribution in [3.63, 3.8) is 0 Å². The van der Waals surface area contributed by atoms with E-state index >= 15 is 0 Å². The Morgan fingerprint density at radius 1 is 1.23 bits per heavy atom. The molecular formula is C20H23N3O3. The maximum absolute atomic E-state index is 12.3. The van der Waals surface area contributed by atoms with E-state index in [1.165, 1.54) is 25.9 Å². The lowest BCUT2D eigenvalue weighted by Crippen LogP contribution is -2.28. The number of amides is 1. The van der Waals surface area contributed by atoms with E-state index in [0.717, 1.165) is 35.0 Å². The van der Waals surface area contributed by atoms with Gasteiger partial charge in [-0.25, -0.2) is 4.98 Å². The molecule has 0 aliphatic carbocycles. The van der Waals surface area contributed by atoms with Crippen molar-refractivity contribution in [2.24, 2.45) is 0 Å². The van der Waals surface area contributed by atoms with Gasteiger partial charge in [-0.15, -0.1) is 0 Å². The largest absolute Gasteiger partial charge is 0.497 e. The van der Waals surface area contributed by atoms with Gasteiger partial charge in [0.2, 0.25) is 5.71 Å². The first kappa shape index (κ1) is 16.8. The third kappa shape index (κ3) is 3.51. The Bertz CT molecular complexity index is 929. The Labute approximate surface area is 152 Å². The first-order chi connectivity index (χ1) is 12.7. The standard InChI is InChI=1S/C20H23N3O3/c1-25-16-6-5-14-11-15-12-18(26-20(15)22-17(14)13-16)19(24)21-7-4-10-23-8-2-3-9-23/h5-6,11-13H,2-4,7-10H2,1H3,(H,21,24). The molecule has 1 aromatic carbocycles. The summed E-state index contributed by atoms with van der Waals surface area (Å²) in [5, 5.41) is 4.74. The monoisotopic (exact) mass is 353 g/mol. The van der Waals surface area contributed by atoms with Crippen LogP contribution in [-0.4, -0.2) is 49.1 Å². The molecule has 26 heavy (non-hydrogen) atoms. The maximum Gasteiger partial charge on any atom is 0.287 e. The van der Waals surface area contributed by atoms with Crippen LogP contribution in [0.1, 0.15) is 29.8 Å². The Kier molecular flexibility index (Phi) is 4.75. The highest BCUT2D eigenvalue weighted by Gasteiger charge is 2.15. The molecule has 1 N–H and O–H groups in total. The van der Waals surface area contributed by atoms with E-state index in [9.17, 15) is 4.79 Å². The number of likely N-dealkylation sites (tertiary alicyclic amines) is 1. The summed E-state index contributed by atoms with van der Waals surface area (Å²) >= 11 is 0. The van der Waals surface area contributed by atoms with Gasteiger partial charge in [-0.3, -0.25) is 4.79 Å². The summed E-state index contributed by atoms with van der Waals surface area (Å²) in [6.45, 7) is 4.05. The van der Waals surface area contributed by atoms with Crippen LogP contribution in [0.2, 0.25) is 0 Å². The van der Waals surface area contributed by atoms with Gasteiger partial charge in [-0.05, 0) is 63.2 Å². The molecule has 6 heteroatoms. The van der Waals surface area contributed by atoms with Crippen LogP contribution >= 0.6 is 0 Å². The number of furan rings is 1. The van der Waals surface area contributed by atoms with Crippen molar-refractivity contribution in [2.45, 2.75) is 19.3 Å². The summed E-state index contributed by atoms with van der Waals surface area (Å²) in [4.78, 5) is 19.3. The molecule has 0 spiro atoms. The SMILES string of the molecule is COc1ccc2cc3cc(C(=O)NCCCN4CCCC4)oc3nc2c1. The van der Waals surface area contributed by atoms with Crippen molar-refractivity contribution in [1.29, 1.82) is 0 Å². The second-order valence-corrected chi connectivity index (χ2v) is 6.71. The number of aromatic nitrogens is 1. The highest BCUT2D eigenvalue weighted by molar-refractivity contribution is 5.98. The molecule has 0 unspecified atom stereocenters. The van der Waals surface area contributed by atoms with Crippen LogP contribution in [0.15, 0.2) is 34.7 Å². The molecule has 0 bridgehead atoms. The molecule has 0 saturated carbocycles. The van der Waals surface area contributed by atoms with Crippen LogP contribution in [0.4, 0.5) is 0 Å². The van der Waals surface area contributed by atoms with E-state index in [1.54, 1.807) is 13.2 Å². The van der Waals surface area contributed by atoms with Crippen molar-refractivity contribution in [3.05, 3.63) is 36.1 Å². The number of nitrogens with zero attached hydrogens (tertiary/aromatic N) is 2.